The molecule has 94 valence electrons. The molecule has 2 unspecified atom stereocenters. The van der Waals surface area contributed by atoms with Gasteiger partial charge in [-0.2, -0.15) is 0 Å². The molecule has 0 aromatic carbocycles. The smallest absolute Gasteiger partial charge is 0.105 e. The lowest BCUT2D eigenvalue weighted by atomic mass is 9.73. The van der Waals surface area contributed by atoms with Crippen molar-refractivity contribution in [3.05, 3.63) is 0 Å². The van der Waals surface area contributed by atoms with Gasteiger partial charge in [-0.1, -0.05) is 13.8 Å². The maximum atomic E-state index is 10.3. The van der Waals surface area contributed by atoms with E-state index in [1.807, 2.05) is 6.92 Å². The Morgan fingerprint density at radius 3 is 2.62 bits per heavy atom. The van der Waals surface area contributed by atoms with Crippen LogP contribution in [0.5, 0.6) is 0 Å². The molecule has 0 aromatic heterocycles. The Balaban J connectivity index is 1.69. The minimum atomic E-state index is -0.636. The molecule has 1 saturated carbocycles. The normalized spacial score (nSPS) is 43.7. The zero-order valence-electron chi connectivity index (χ0n) is 10.7. The summed E-state index contributed by atoms with van der Waals surface area (Å²) < 4.78 is 5.42. The van der Waals surface area contributed by atoms with Crippen LogP contribution < -0.4 is 5.32 Å². The molecule has 0 radical (unpaired) electrons. The number of hydrogen-bond acceptors (Lipinski definition) is 3. The highest BCUT2D eigenvalue weighted by molar-refractivity contribution is 4.95. The highest BCUT2D eigenvalue weighted by atomic mass is 16.5. The van der Waals surface area contributed by atoms with Crippen LogP contribution in [0.25, 0.3) is 0 Å². The third kappa shape index (κ3) is 2.41. The summed E-state index contributed by atoms with van der Waals surface area (Å²) in [6.07, 6.45) is 3.27. The topological polar surface area (TPSA) is 41.5 Å². The average Bonchev–Trinajstić information content (AvgIpc) is 2.44. The van der Waals surface area contributed by atoms with Crippen LogP contribution in [-0.2, 0) is 4.74 Å². The molecule has 2 N–H and O–H groups in total. The summed E-state index contributed by atoms with van der Waals surface area (Å²) in [6, 6.07) is 0.615. The van der Waals surface area contributed by atoms with E-state index >= 15 is 0 Å². The fraction of sp³-hybridized carbons (Fsp3) is 1.00. The molecule has 3 heteroatoms. The van der Waals surface area contributed by atoms with Crippen LogP contribution in [0.4, 0.5) is 0 Å². The van der Waals surface area contributed by atoms with Crippen LogP contribution >= 0.6 is 0 Å². The van der Waals surface area contributed by atoms with Gasteiger partial charge in [0.05, 0.1) is 6.10 Å². The predicted octanol–water partition coefficient (Wildman–Crippen LogP) is 1.55. The van der Waals surface area contributed by atoms with Crippen LogP contribution in [0.15, 0.2) is 0 Å². The zero-order chi connectivity index (χ0) is 11.8. The van der Waals surface area contributed by atoms with Gasteiger partial charge in [-0.25, -0.2) is 0 Å². The molecule has 1 heterocycles. The van der Waals surface area contributed by atoms with Gasteiger partial charge in [0.2, 0.25) is 0 Å². The Kier molecular flexibility index (Phi) is 3.57. The molecule has 2 rings (SSSR count). The lowest BCUT2D eigenvalue weighted by Gasteiger charge is -2.40. The van der Waals surface area contributed by atoms with Crippen molar-refractivity contribution in [2.45, 2.75) is 57.8 Å². The number of aliphatic hydroxyl groups is 1. The highest BCUT2D eigenvalue weighted by Crippen LogP contribution is 2.34. The van der Waals surface area contributed by atoms with E-state index in [0.717, 1.165) is 18.3 Å². The second-order valence-corrected chi connectivity index (χ2v) is 5.92. The molecule has 0 aromatic rings. The van der Waals surface area contributed by atoms with Gasteiger partial charge in [-0.3, -0.25) is 0 Å². The first-order chi connectivity index (χ1) is 7.51. The second kappa shape index (κ2) is 4.63. The number of rotatable bonds is 4. The van der Waals surface area contributed by atoms with Crippen molar-refractivity contribution in [3.8, 4) is 0 Å². The number of nitrogens with one attached hydrogen (secondary N) is 1. The first-order valence-corrected chi connectivity index (χ1v) is 6.58. The molecule has 1 saturated heterocycles. The van der Waals surface area contributed by atoms with Crippen LogP contribution in [0.1, 0.15) is 40.0 Å². The molecular formula is C13H25NO2. The molecule has 1 aliphatic heterocycles. The molecule has 0 bridgehead atoms. The Bertz CT molecular complexity index is 238. The lowest BCUT2D eigenvalue weighted by molar-refractivity contribution is -0.0310. The van der Waals surface area contributed by atoms with Crippen LogP contribution in [0.3, 0.4) is 0 Å². The highest BCUT2D eigenvalue weighted by Gasteiger charge is 2.40. The Labute approximate surface area is 98.6 Å². The third-order valence-electron chi connectivity index (χ3n) is 4.47. The second-order valence-electron chi connectivity index (χ2n) is 5.92. The van der Waals surface area contributed by atoms with E-state index in [9.17, 15) is 5.11 Å². The predicted molar refractivity (Wildman–Crippen MR) is 64.3 cm³/mol. The van der Waals surface area contributed by atoms with Gasteiger partial charge in [-0.15, -0.1) is 0 Å². The van der Waals surface area contributed by atoms with Crippen LogP contribution in [0, 0.1) is 11.8 Å². The molecule has 0 spiro atoms. The van der Waals surface area contributed by atoms with Gasteiger partial charge in [0.1, 0.15) is 5.60 Å². The van der Waals surface area contributed by atoms with E-state index in [-0.39, 0.29) is 6.10 Å². The maximum absolute atomic E-state index is 10.3. The summed E-state index contributed by atoms with van der Waals surface area (Å²) in [5.41, 5.74) is -0.636. The summed E-state index contributed by atoms with van der Waals surface area (Å²) >= 11 is 0. The van der Waals surface area contributed by atoms with Crippen molar-refractivity contribution in [1.29, 1.82) is 0 Å². The molecule has 2 atom stereocenters. The summed E-state index contributed by atoms with van der Waals surface area (Å²) in [5, 5.41) is 13.8. The van der Waals surface area contributed by atoms with Gasteiger partial charge in [0.15, 0.2) is 0 Å². The molecular weight excluding hydrogens is 202 g/mol. The van der Waals surface area contributed by atoms with Crippen molar-refractivity contribution in [1.82, 2.24) is 5.32 Å². The summed E-state index contributed by atoms with van der Waals surface area (Å²) in [5.74, 6) is 1.68. The Morgan fingerprint density at radius 1 is 1.44 bits per heavy atom. The molecule has 1 aliphatic carbocycles. The van der Waals surface area contributed by atoms with Crippen LogP contribution in [-0.4, -0.2) is 36.0 Å². The van der Waals surface area contributed by atoms with Crippen molar-refractivity contribution in [3.63, 3.8) is 0 Å². The summed E-state index contributed by atoms with van der Waals surface area (Å²) in [6.45, 7) is 7.93. The van der Waals surface area contributed by atoms with Gasteiger partial charge >= 0.3 is 0 Å². The number of hydrogen-bond donors (Lipinski definition) is 2. The van der Waals surface area contributed by atoms with Gasteiger partial charge in [0, 0.05) is 25.6 Å². The van der Waals surface area contributed by atoms with E-state index in [1.165, 1.54) is 12.8 Å². The molecule has 3 nitrogen and oxygen atoms in total. The first kappa shape index (κ1) is 12.3. The minimum Gasteiger partial charge on any atom is -0.386 e. The van der Waals surface area contributed by atoms with Crippen LogP contribution in [0.2, 0.25) is 0 Å². The molecule has 16 heavy (non-hydrogen) atoms. The SMILES string of the molecule is CC(C)C1CC(NCC2(O)CCOC2C)C1. The monoisotopic (exact) mass is 227 g/mol. The average molecular weight is 227 g/mol. The first-order valence-electron chi connectivity index (χ1n) is 6.58. The lowest BCUT2D eigenvalue weighted by Crippen LogP contribution is -2.52. The Morgan fingerprint density at radius 2 is 2.12 bits per heavy atom. The van der Waals surface area contributed by atoms with E-state index in [0.29, 0.717) is 19.2 Å². The van der Waals surface area contributed by atoms with E-state index < -0.39 is 5.60 Å². The van der Waals surface area contributed by atoms with Crippen molar-refractivity contribution in [2.24, 2.45) is 11.8 Å². The van der Waals surface area contributed by atoms with Crippen molar-refractivity contribution < 1.29 is 9.84 Å². The fourth-order valence-electron chi connectivity index (χ4n) is 2.70. The van der Waals surface area contributed by atoms with Gasteiger partial charge < -0.3 is 15.2 Å². The molecule has 2 fully saturated rings. The maximum Gasteiger partial charge on any atom is 0.105 e. The van der Waals surface area contributed by atoms with Crippen molar-refractivity contribution >= 4 is 0 Å². The summed E-state index contributed by atoms with van der Waals surface area (Å²) in [7, 11) is 0. The Hall–Kier alpha value is -0.120. The van der Waals surface area contributed by atoms with E-state index in [2.05, 4.69) is 19.2 Å². The van der Waals surface area contributed by atoms with E-state index in [4.69, 9.17) is 4.74 Å². The van der Waals surface area contributed by atoms with Gasteiger partial charge in [-0.05, 0) is 31.6 Å². The zero-order valence-corrected chi connectivity index (χ0v) is 10.7. The molecule has 0 amide bonds. The molecule has 2 aliphatic rings. The largest absolute Gasteiger partial charge is 0.386 e. The third-order valence-corrected chi connectivity index (χ3v) is 4.47. The minimum absolute atomic E-state index is 0.0269. The van der Waals surface area contributed by atoms with E-state index in [1.54, 1.807) is 0 Å². The fourth-order valence-corrected chi connectivity index (χ4v) is 2.70. The van der Waals surface area contributed by atoms with Gasteiger partial charge in [0.25, 0.3) is 0 Å². The number of ether oxygens (including phenoxy) is 1. The standard InChI is InChI=1S/C13H25NO2/c1-9(2)11-6-12(7-11)14-8-13(15)4-5-16-10(13)3/h9-12,14-15H,4-8H2,1-3H3. The van der Waals surface area contributed by atoms with Crippen molar-refractivity contribution in [2.75, 3.05) is 13.2 Å². The summed E-state index contributed by atoms with van der Waals surface area (Å²) in [4.78, 5) is 0. The quantitative estimate of drug-likeness (QED) is 0.765.